The fraction of sp³-hybridized carbons (Fsp3) is 0.400. The highest BCUT2D eigenvalue weighted by atomic mass is 32.2. The smallest absolute Gasteiger partial charge is 0.424 e. The van der Waals surface area contributed by atoms with Crippen molar-refractivity contribution < 1.29 is 18.5 Å². The van der Waals surface area contributed by atoms with Crippen LogP contribution in [-0.2, 0) is 10.0 Å². The maximum absolute atomic E-state index is 11.2. The summed E-state index contributed by atoms with van der Waals surface area (Å²) in [6.07, 6.45) is 8.52. The average molecular weight is 257 g/mol. The van der Waals surface area contributed by atoms with E-state index in [1.54, 1.807) is 25.2 Å². The van der Waals surface area contributed by atoms with Crippen molar-refractivity contribution in [2.24, 2.45) is 0 Å². The highest BCUT2D eigenvalue weighted by Crippen LogP contribution is 2.21. The lowest BCUT2D eigenvalue weighted by atomic mass is 9.87. The van der Waals surface area contributed by atoms with Crippen LogP contribution in [-0.4, -0.2) is 37.4 Å². The molecule has 3 N–H and O–H groups in total. The predicted molar refractivity (Wildman–Crippen MR) is 67.6 cm³/mol. The van der Waals surface area contributed by atoms with Crippen LogP contribution in [0, 0.1) is 0 Å². The lowest BCUT2D eigenvalue weighted by molar-refractivity contribution is 0.424. The zero-order chi connectivity index (χ0) is 13.1. The van der Waals surface area contributed by atoms with Crippen molar-refractivity contribution in [3.63, 3.8) is 0 Å². The molecule has 0 aromatic heterocycles. The zero-order valence-corrected chi connectivity index (χ0v) is 10.6. The molecule has 17 heavy (non-hydrogen) atoms. The van der Waals surface area contributed by atoms with Crippen LogP contribution in [0.25, 0.3) is 0 Å². The van der Waals surface area contributed by atoms with Crippen molar-refractivity contribution in [2.75, 3.05) is 6.26 Å². The van der Waals surface area contributed by atoms with Crippen molar-refractivity contribution >= 4 is 17.1 Å². The van der Waals surface area contributed by atoms with Crippen molar-refractivity contribution in [3.8, 4) is 0 Å². The molecule has 1 aliphatic carbocycles. The van der Waals surface area contributed by atoms with Crippen molar-refractivity contribution in [3.05, 3.63) is 35.9 Å². The van der Waals surface area contributed by atoms with Gasteiger partial charge in [-0.3, -0.25) is 0 Å². The molecule has 94 valence electrons. The molecule has 0 amide bonds. The Balaban J connectivity index is 2.70. The highest BCUT2D eigenvalue weighted by Gasteiger charge is 2.25. The average Bonchev–Trinajstić information content (AvgIpc) is 2.13. The van der Waals surface area contributed by atoms with Gasteiger partial charge in [0, 0.05) is 0 Å². The van der Waals surface area contributed by atoms with Gasteiger partial charge >= 0.3 is 7.12 Å². The van der Waals surface area contributed by atoms with E-state index >= 15 is 0 Å². The van der Waals surface area contributed by atoms with E-state index in [0.717, 1.165) is 11.8 Å². The maximum atomic E-state index is 11.2. The van der Waals surface area contributed by atoms with Crippen molar-refractivity contribution in [1.82, 2.24) is 4.72 Å². The SMILES string of the molecule is CC1(NS(C)(=O)=O)C=CC(/C=C/B(O)O)=CC1. The molecule has 0 radical (unpaired) electrons. The molecule has 0 aromatic rings. The third-order valence-electron chi connectivity index (χ3n) is 2.28. The van der Waals surface area contributed by atoms with Crippen LogP contribution in [0.3, 0.4) is 0 Å². The van der Waals surface area contributed by atoms with E-state index in [2.05, 4.69) is 4.72 Å². The van der Waals surface area contributed by atoms with Gasteiger partial charge in [0.25, 0.3) is 0 Å². The summed E-state index contributed by atoms with van der Waals surface area (Å²) in [7, 11) is -4.73. The van der Waals surface area contributed by atoms with Crippen LogP contribution in [0.5, 0.6) is 0 Å². The second-order valence-electron chi connectivity index (χ2n) is 4.31. The minimum atomic E-state index is -3.25. The first-order chi connectivity index (χ1) is 7.70. The van der Waals surface area contributed by atoms with E-state index in [0.29, 0.717) is 6.42 Å². The van der Waals surface area contributed by atoms with Crippen molar-refractivity contribution in [1.29, 1.82) is 0 Å². The summed E-state index contributed by atoms with van der Waals surface area (Å²) in [6, 6.07) is 0. The van der Waals surface area contributed by atoms with Gasteiger partial charge in [0.05, 0.1) is 11.8 Å². The monoisotopic (exact) mass is 257 g/mol. The second kappa shape index (κ2) is 5.18. The van der Waals surface area contributed by atoms with Crippen molar-refractivity contribution in [2.45, 2.75) is 18.9 Å². The van der Waals surface area contributed by atoms with Crippen LogP contribution in [0.15, 0.2) is 35.9 Å². The van der Waals surface area contributed by atoms with Crippen LogP contribution in [0.2, 0.25) is 0 Å². The number of nitrogens with one attached hydrogen (secondary N) is 1. The van der Waals surface area contributed by atoms with E-state index in [1.165, 1.54) is 5.98 Å². The molecule has 0 heterocycles. The fourth-order valence-electron chi connectivity index (χ4n) is 1.57. The molecule has 0 saturated carbocycles. The van der Waals surface area contributed by atoms with Gasteiger partial charge in [-0.15, -0.1) is 0 Å². The van der Waals surface area contributed by atoms with Gasteiger partial charge in [-0.25, -0.2) is 13.1 Å². The van der Waals surface area contributed by atoms with Gasteiger partial charge in [-0.2, -0.15) is 0 Å². The molecular weight excluding hydrogens is 241 g/mol. The van der Waals surface area contributed by atoms with Crippen LogP contribution in [0.4, 0.5) is 0 Å². The molecule has 0 bridgehead atoms. The summed E-state index contributed by atoms with van der Waals surface area (Å²) in [5, 5.41) is 17.3. The van der Waals surface area contributed by atoms with Crippen LogP contribution in [0.1, 0.15) is 13.3 Å². The summed E-state index contributed by atoms with van der Waals surface area (Å²) in [4.78, 5) is 0. The fourth-order valence-corrected chi connectivity index (χ4v) is 2.56. The van der Waals surface area contributed by atoms with E-state index in [1.807, 2.05) is 6.08 Å². The molecule has 0 aromatic carbocycles. The third kappa shape index (κ3) is 5.32. The molecule has 0 aliphatic heterocycles. The molecule has 1 rings (SSSR count). The maximum Gasteiger partial charge on any atom is 0.480 e. The Hall–Kier alpha value is -0.885. The minimum absolute atomic E-state index is 0.512. The van der Waals surface area contributed by atoms with Gasteiger partial charge in [0.1, 0.15) is 0 Å². The largest absolute Gasteiger partial charge is 0.480 e. The quantitative estimate of drug-likeness (QED) is 0.606. The highest BCUT2D eigenvalue weighted by molar-refractivity contribution is 7.88. The first kappa shape index (κ1) is 14.2. The molecule has 0 fully saturated rings. The summed E-state index contributed by atoms with van der Waals surface area (Å²) < 4.78 is 24.8. The summed E-state index contributed by atoms with van der Waals surface area (Å²) in [6.45, 7) is 1.78. The zero-order valence-electron chi connectivity index (χ0n) is 9.79. The van der Waals surface area contributed by atoms with E-state index in [9.17, 15) is 8.42 Å². The third-order valence-corrected chi connectivity index (χ3v) is 3.12. The normalized spacial score (nSPS) is 25.1. The number of sulfonamides is 1. The Morgan fingerprint density at radius 1 is 1.53 bits per heavy atom. The topological polar surface area (TPSA) is 86.6 Å². The minimum Gasteiger partial charge on any atom is -0.424 e. The summed E-state index contributed by atoms with van der Waals surface area (Å²) in [5.74, 6) is 1.24. The second-order valence-corrected chi connectivity index (χ2v) is 6.05. The molecule has 1 atom stereocenters. The summed E-state index contributed by atoms with van der Waals surface area (Å²) >= 11 is 0. The van der Waals surface area contributed by atoms with E-state index < -0.39 is 22.7 Å². The number of hydrogen-bond donors (Lipinski definition) is 3. The van der Waals surface area contributed by atoms with Gasteiger partial charge < -0.3 is 10.0 Å². The van der Waals surface area contributed by atoms with Gasteiger partial charge in [-0.05, 0) is 18.9 Å². The van der Waals surface area contributed by atoms with Gasteiger partial charge in [0.15, 0.2) is 0 Å². The molecule has 1 unspecified atom stereocenters. The molecule has 7 heteroatoms. The lowest BCUT2D eigenvalue weighted by Crippen LogP contribution is -2.44. The number of hydrogen-bond acceptors (Lipinski definition) is 4. The Morgan fingerprint density at radius 3 is 2.59 bits per heavy atom. The Kier molecular flexibility index (Phi) is 4.32. The Bertz CT molecular complexity index is 467. The standard InChI is InChI=1S/C10H16BNO4S/c1-10(12-17(2,15)16)6-3-9(4-7-10)5-8-11(13)14/h3-6,8,12-14H,7H2,1-2H3/b8-5+. The van der Waals surface area contributed by atoms with Crippen LogP contribution < -0.4 is 4.72 Å². The first-order valence-electron chi connectivity index (χ1n) is 5.13. The van der Waals surface area contributed by atoms with E-state index in [-0.39, 0.29) is 0 Å². The molecule has 0 spiro atoms. The molecule has 0 saturated heterocycles. The van der Waals surface area contributed by atoms with Gasteiger partial charge in [-0.1, -0.05) is 30.3 Å². The lowest BCUT2D eigenvalue weighted by Gasteiger charge is -2.27. The summed E-state index contributed by atoms with van der Waals surface area (Å²) in [5.41, 5.74) is 0.189. The van der Waals surface area contributed by atoms with Crippen LogP contribution >= 0.6 is 0 Å². The predicted octanol–water partition coefficient (Wildman–Crippen LogP) is -0.251. The molecule has 1 aliphatic rings. The van der Waals surface area contributed by atoms with E-state index in [4.69, 9.17) is 10.0 Å². The number of rotatable bonds is 4. The molecular formula is C10H16BNO4S. The van der Waals surface area contributed by atoms with Gasteiger partial charge in [0.2, 0.25) is 10.0 Å². The number of allylic oxidation sites excluding steroid dienone is 3. The Labute approximate surface area is 102 Å². The Morgan fingerprint density at radius 2 is 2.18 bits per heavy atom. The first-order valence-corrected chi connectivity index (χ1v) is 7.02. The molecule has 5 nitrogen and oxygen atoms in total.